The third-order valence-corrected chi connectivity index (χ3v) is 7.66. The molecule has 1 aromatic carbocycles. The molecule has 0 fully saturated rings. The molecule has 3 aliphatic rings. The number of aromatic hydroxyl groups is 1. The van der Waals surface area contributed by atoms with Crippen molar-refractivity contribution in [2.75, 3.05) is 27.7 Å². The Bertz CT molecular complexity index is 1200. The number of carbonyl (C=O) groups is 3. The lowest BCUT2D eigenvalue weighted by Gasteiger charge is -2.50. The summed E-state index contributed by atoms with van der Waals surface area (Å²) in [4.78, 5) is 42.4. The van der Waals surface area contributed by atoms with Crippen LogP contribution in [0.25, 0.3) is 0 Å². The molecule has 188 valence electrons. The number of rotatable bonds is 5. The number of hydrogen-bond donors (Lipinski definition) is 5. The van der Waals surface area contributed by atoms with Crippen LogP contribution in [0.2, 0.25) is 0 Å². The van der Waals surface area contributed by atoms with Crippen LogP contribution in [0.1, 0.15) is 34.8 Å². The van der Waals surface area contributed by atoms with E-state index in [0.717, 1.165) is 6.54 Å². The van der Waals surface area contributed by atoms with Gasteiger partial charge in [0.15, 0.2) is 11.4 Å². The number of primary amides is 1. The van der Waals surface area contributed by atoms with Gasteiger partial charge in [-0.1, -0.05) is 19.1 Å². The summed E-state index contributed by atoms with van der Waals surface area (Å²) >= 11 is 0. The Morgan fingerprint density at radius 1 is 1.17 bits per heavy atom. The zero-order valence-electron chi connectivity index (χ0n) is 20.2. The molecule has 0 spiro atoms. The van der Waals surface area contributed by atoms with Gasteiger partial charge in [-0.3, -0.25) is 19.3 Å². The molecule has 6 N–H and O–H groups in total. The standard InChI is InChI=1S/C25H31N3O7/c1-5-28(4)10-12-7-6-11-8-13-9-14-18(27(2)3)21(31)17(24(26)34)23(33)25(14,35)22(32)16(13)20(30)15(11)19(12)29/h6-7,13-14,18,29,31-32,35H,5,8-10H2,1-4H3,(H2,26,34)/t13-,14-,18-,25-/m0/s1. The van der Waals surface area contributed by atoms with Crippen LogP contribution in [0.5, 0.6) is 5.75 Å². The smallest absolute Gasteiger partial charge is 0.255 e. The number of nitrogens with two attached hydrogens (primary N) is 1. The Balaban J connectivity index is 1.89. The normalized spacial score (nSPS) is 28.4. The van der Waals surface area contributed by atoms with Crippen molar-refractivity contribution in [2.24, 2.45) is 17.6 Å². The summed E-state index contributed by atoms with van der Waals surface area (Å²) in [6.07, 6.45) is 0.360. The van der Waals surface area contributed by atoms with Crippen molar-refractivity contribution < 1.29 is 34.8 Å². The molecule has 0 aliphatic heterocycles. The molecule has 35 heavy (non-hydrogen) atoms. The molecule has 0 radical (unpaired) electrons. The van der Waals surface area contributed by atoms with E-state index in [1.807, 2.05) is 18.9 Å². The number of amides is 1. The summed E-state index contributed by atoms with van der Waals surface area (Å²) in [5.74, 6) is -6.38. The maximum Gasteiger partial charge on any atom is 0.255 e. The topological polar surface area (TPSA) is 165 Å². The Labute approximate surface area is 202 Å². The Kier molecular flexibility index (Phi) is 6.03. The minimum absolute atomic E-state index is 0.0350. The van der Waals surface area contributed by atoms with E-state index in [-0.39, 0.29) is 29.7 Å². The van der Waals surface area contributed by atoms with E-state index in [1.165, 1.54) is 4.90 Å². The SMILES string of the molecule is CCN(C)Cc1ccc2c(c1O)C(=O)C1=C(O)[C@]3(O)C(=O)C(C(N)=O)=C(O)[C@@H](N(C)C)[C@@H]3C[C@@H]1C2. The van der Waals surface area contributed by atoms with Gasteiger partial charge in [0, 0.05) is 23.6 Å². The first-order valence-electron chi connectivity index (χ1n) is 11.5. The number of phenolic OH excluding ortho intramolecular Hbond substituents is 1. The number of aliphatic hydroxyl groups is 3. The number of nitrogens with zero attached hydrogens (tertiary/aromatic N) is 2. The summed E-state index contributed by atoms with van der Waals surface area (Å²) < 4.78 is 0. The summed E-state index contributed by atoms with van der Waals surface area (Å²) in [5, 5.41) is 44.6. The molecule has 0 unspecified atom stereocenters. The van der Waals surface area contributed by atoms with Crippen LogP contribution < -0.4 is 5.73 Å². The van der Waals surface area contributed by atoms with E-state index in [4.69, 9.17) is 5.73 Å². The van der Waals surface area contributed by atoms with E-state index < -0.39 is 58.0 Å². The molecular weight excluding hydrogens is 454 g/mol. The fourth-order valence-electron chi connectivity index (χ4n) is 5.80. The number of ketones is 2. The third-order valence-electron chi connectivity index (χ3n) is 7.66. The lowest BCUT2D eigenvalue weighted by Crippen LogP contribution is -2.63. The summed E-state index contributed by atoms with van der Waals surface area (Å²) in [5.41, 5.74) is 2.92. The largest absolute Gasteiger partial charge is 0.510 e. The van der Waals surface area contributed by atoms with Crippen molar-refractivity contribution in [3.63, 3.8) is 0 Å². The van der Waals surface area contributed by atoms with Crippen LogP contribution in [-0.4, -0.2) is 87.0 Å². The number of carbonyl (C=O) groups excluding carboxylic acids is 3. The molecular formula is C25H31N3O7. The van der Waals surface area contributed by atoms with Crippen LogP contribution >= 0.6 is 0 Å². The molecule has 0 saturated carbocycles. The zero-order chi connectivity index (χ0) is 26.0. The number of likely N-dealkylation sites (N-methyl/N-ethyl adjacent to an activating group) is 1. The van der Waals surface area contributed by atoms with Gasteiger partial charge in [-0.2, -0.15) is 0 Å². The van der Waals surface area contributed by atoms with Gasteiger partial charge < -0.3 is 31.1 Å². The predicted molar refractivity (Wildman–Crippen MR) is 126 cm³/mol. The van der Waals surface area contributed by atoms with Crippen LogP contribution in [0, 0.1) is 11.8 Å². The molecule has 4 atom stereocenters. The zero-order valence-corrected chi connectivity index (χ0v) is 20.2. The summed E-state index contributed by atoms with van der Waals surface area (Å²) in [6.45, 7) is 3.09. The van der Waals surface area contributed by atoms with E-state index in [1.54, 1.807) is 26.2 Å². The maximum atomic E-state index is 13.6. The van der Waals surface area contributed by atoms with Gasteiger partial charge in [0.2, 0.25) is 5.78 Å². The highest BCUT2D eigenvalue weighted by Gasteiger charge is 2.63. The lowest BCUT2D eigenvalue weighted by molar-refractivity contribution is -0.148. The number of hydrogen-bond acceptors (Lipinski definition) is 9. The number of Topliss-reactive ketones (excluding diaryl/α,β-unsaturated/α-hetero) is 2. The van der Waals surface area contributed by atoms with E-state index in [2.05, 4.69) is 0 Å². The highest BCUT2D eigenvalue weighted by atomic mass is 16.3. The third kappa shape index (κ3) is 3.47. The Morgan fingerprint density at radius 3 is 2.40 bits per heavy atom. The van der Waals surface area contributed by atoms with Gasteiger partial charge >= 0.3 is 0 Å². The molecule has 4 rings (SSSR count). The fraction of sp³-hybridized carbons (Fsp3) is 0.480. The van der Waals surface area contributed by atoms with Gasteiger partial charge in [0.25, 0.3) is 5.91 Å². The van der Waals surface area contributed by atoms with E-state index >= 15 is 0 Å². The minimum atomic E-state index is -2.62. The second-order valence-electron chi connectivity index (χ2n) is 9.90. The molecule has 1 aromatic rings. The molecule has 10 heteroatoms. The minimum Gasteiger partial charge on any atom is -0.510 e. The summed E-state index contributed by atoms with van der Waals surface area (Å²) in [6, 6.07) is 2.54. The van der Waals surface area contributed by atoms with E-state index in [9.17, 15) is 34.8 Å². The van der Waals surface area contributed by atoms with Gasteiger partial charge in [-0.15, -0.1) is 0 Å². The van der Waals surface area contributed by atoms with Crippen LogP contribution in [0.15, 0.2) is 34.8 Å². The molecule has 1 amide bonds. The van der Waals surface area contributed by atoms with Gasteiger partial charge in [-0.05, 0) is 52.0 Å². The lowest BCUT2D eigenvalue weighted by atomic mass is 9.58. The molecule has 3 aliphatic carbocycles. The molecule has 0 bridgehead atoms. The Hall–Kier alpha value is -3.21. The molecule has 0 aromatic heterocycles. The number of aliphatic hydroxyl groups excluding tert-OH is 2. The number of phenols is 1. The molecule has 10 nitrogen and oxygen atoms in total. The first-order chi connectivity index (χ1) is 16.4. The second kappa shape index (κ2) is 8.47. The maximum absolute atomic E-state index is 13.6. The van der Waals surface area contributed by atoms with Crippen LogP contribution in [0.3, 0.4) is 0 Å². The van der Waals surface area contributed by atoms with Gasteiger partial charge in [0.05, 0.1) is 11.6 Å². The Morgan fingerprint density at radius 2 is 1.83 bits per heavy atom. The van der Waals surface area contributed by atoms with E-state index in [0.29, 0.717) is 17.7 Å². The number of fused-ring (bicyclic) bond motifs is 3. The van der Waals surface area contributed by atoms with Crippen molar-refractivity contribution in [3.05, 3.63) is 51.5 Å². The fourth-order valence-corrected chi connectivity index (χ4v) is 5.80. The van der Waals surface area contributed by atoms with Crippen molar-refractivity contribution >= 4 is 17.5 Å². The van der Waals surface area contributed by atoms with Crippen molar-refractivity contribution in [1.29, 1.82) is 0 Å². The highest BCUT2D eigenvalue weighted by molar-refractivity contribution is 6.24. The monoisotopic (exact) mass is 485 g/mol. The average molecular weight is 486 g/mol. The number of benzene rings is 1. The highest BCUT2D eigenvalue weighted by Crippen LogP contribution is 2.52. The van der Waals surface area contributed by atoms with Gasteiger partial charge in [-0.25, -0.2) is 0 Å². The number of allylic oxidation sites excluding steroid dienone is 1. The van der Waals surface area contributed by atoms with Crippen LogP contribution in [-0.2, 0) is 22.6 Å². The second-order valence-corrected chi connectivity index (χ2v) is 9.90. The van der Waals surface area contributed by atoms with Crippen LogP contribution in [0.4, 0.5) is 0 Å². The molecule has 0 heterocycles. The van der Waals surface area contributed by atoms with Crippen molar-refractivity contribution in [1.82, 2.24) is 9.80 Å². The van der Waals surface area contributed by atoms with Crippen molar-refractivity contribution in [3.8, 4) is 5.75 Å². The first kappa shape index (κ1) is 24.9. The average Bonchev–Trinajstić information content (AvgIpc) is 2.77. The van der Waals surface area contributed by atoms with Crippen molar-refractivity contribution in [2.45, 2.75) is 38.0 Å². The predicted octanol–water partition coefficient (Wildman–Crippen LogP) is 0.572. The quantitative estimate of drug-likeness (QED) is 0.375. The van der Waals surface area contributed by atoms with Gasteiger partial charge in [0.1, 0.15) is 22.8 Å². The summed E-state index contributed by atoms with van der Waals surface area (Å²) in [7, 11) is 5.07. The molecule has 0 saturated heterocycles. The first-order valence-corrected chi connectivity index (χ1v) is 11.5.